The van der Waals surface area contributed by atoms with Crippen LogP contribution in [0.2, 0.25) is 0 Å². The predicted octanol–water partition coefficient (Wildman–Crippen LogP) is 1.69. The van der Waals surface area contributed by atoms with Crippen LogP contribution in [0.15, 0.2) is 18.2 Å². The maximum absolute atomic E-state index is 8.85. The van der Waals surface area contributed by atoms with Crippen LogP contribution in [0, 0.1) is 11.3 Å². The molecule has 0 unspecified atom stereocenters. The lowest BCUT2D eigenvalue weighted by Crippen LogP contribution is -2.19. The summed E-state index contributed by atoms with van der Waals surface area (Å²) in [6.07, 6.45) is 0. The Bertz CT molecular complexity index is 385. The molecular weight excluding hydrogens is 216 g/mol. The van der Waals surface area contributed by atoms with Crippen LogP contribution in [0.3, 0.4) is 0 Å². The lowest BCUT2D eigenvalue weighted by Gasteiger charge is -2.08. The van der Waals surface area contributed by atoms with Gasteiger partial charge in [0.15, 0.2) is 0 Å². The van der Waals surface area contributed by atoms with Crippen molar-refractivity contribution in [2.24, 2.45) is 0 Å². The first kappa shape index (κ1) is 13.5. The number of nitrogens with one attached hydrogen (secondary N) is 1. The van der Waals surface area contributed by atoms with E-state index in [9.17, 15) is 0 Å². The van der Waals surface area contributed by atoms with E-state index in [0.29, 0.717) is 17.9 Å². The summed E-state index contributed by atoms with van der Waals surface area (Å²) in [6.45, 7) is 4.99. The number of methoxy groups -OCH3 is 1. The topological polar surface area (TPSA) is 54.3 Å². The summed E-state index contributed by atoms with van der Waals surface area (Å²) in [6, 6.07) is 7.68. The Morgan fingerprint density at radius 1 is 1.41 bits per heavy atom. The van der Waals surface area contributed by atoms with Gasteiger partial charge in [0.1, 0.15) is 11.8 Å². The molecule has 92 valence electrons. The van der Waals surface area contributed by atoms with Gasteiger partial charge in [0, 0.05) is 19.7 Å². The second kappa shape index (κ2) is 7.66. The number of hydrogen-bond donors (Lipinski definition) is 1. The number of rotatable bonds is 7. The number of ether oxygens (including phenoxy) is 2. The highest BCUT2D eigenvalue weighted by Gasteiger charge is 2.03. The van der Waals surface area contributed by atoms with E-state index in [-0.39, 0.29) is 0 Å². The summed E-state index contributed by atoms with van der Waals surface area (Å²) in [5, 5.41) is 12.1. The number of hydrogen-bond acceptors (Lipinski definition) is 4. The summed E-state index contributed by atoms with van der Waals surface area (Å²) in [7, 11) is 1.57. The first-order valence-corrected chi connectivity index (χ1v) is 5.67. The van der Waals surface area contributed by atoms with E-state index in [4.69, 9.17) is 14.7 Å². The monoisotopic (exact) mass is 234 g/mol. The molecule has 1 aromatic carbocycles. The molecule has 0 spiro atoms. The Balaban J connectivity index is 2.47. The van der Waals surface area contributed by atoms with Gasteiger partial charge in [-0.1, -0.05) is 6.07 Å². The molecule has 0 aliphatic rings. The maximum atomic E-state index is 8.85. The van der Waals surface area contributed by atoms with E-state index in [1.165, 1.54) is 0 Å². The van der Waals surface area contributed by atoms with Crippen LogP contribution in [-0.2, 0) is 11.3 Å². The lowest BCUT2D eigenvalue weighted by atomic mass is 10.1. The van der Waals surface area contributed by atoms with E-state index in [2.05, 4.69) is 11.4 Å². The minimum atomic E-state index is 0.561. The summed E-state index contributed by atoms with van der Waals surface area (Å²) in [5.41, 5.74) is 1.66. The van der Waals surface area contributed by atoms with Crippen molar-refractivity contribution in [3.05, 3.63) is 29.3 Å². The van der Waals surface area contributed by atoms with E-state index in [0.717, 1.165) is 25.3 Å². The number of nitriles is 1. The molecule has 0 aliphatic carbocycles. The number of nitrogens with zero attached hydrogens (tertiary/aromatic N) is 1. The second-order valence-electron chi connectivity index (χ2n) is 3.52. The zero-order valence-electron chi connectivity index (χ0n) is 10.3. The van der Waals surface area contributed by atoms with Gasteiger partial charge in [-0.15, -0.1) is 0 Å². The van der Waals surface area contributed by atoms with Gasteiger partial charge in [0.05, 0.1) is 19.3 Å². The van der Waals surface area contributed by atoms with Crippen molar-refractivity contribution < 1.29 is 9.47 Å². The molecule has 0 aromatic heterocycles. The van der Waals surface area contributed by atoms with Crippen molar-refractivity contribution in [2.75, 3.05) is 26.9 Å². The SMILES string of the molecule is CCOCCNCc1ccc(C#N)c(OC)c1. The maximum Gasteiger partial charge on any atom is 0.136 e. The molecule has 0 aliphatic heterocycles. The zero-order chi connectivity index (χ0) is 12.5. The smallest absolute Gasteiger partial charge is 0.136 e. The van der Waals surface area contributed by atoms with Crippen LogP contribution in [0.1, 0.15) is 18.1 Å². The van der Waals surface area contributed by atoms with Gasteiger partial charge in [-0.2, -0.15) is 5.26 Å². The van der Waals surface area contributed by atoms with Crippen molar-refractivity contribution in [1.29, 1.82) is 5.26 Å². The van der Waals surface area contributed by atoms with Crippen LogP contribution in [0.4, 0.5) is 0 Å². The van der Waals surface area contributed by atoms with Gasteiger partial charge in [0.25, 0.3) is 0 Å². The van der Waals surface area contributed by atoms with Crippen molar-refractivity contribution in [1.82, 2.24) is 5.32 Å². The van der Waals surface area contributed by atoms with Gasteiger partial charge in [-0.05, 0) is 24.6 Å². The fraction of sp³-hybridized carbons (Fsp3) is 0.462. The standard InChI is InChI=1S/C13H18N2O2/c1-3-17-7-6-15-10-11-4-5-12(9-14)13(8-11)16-2/h4-5,8,15H,3,6-7,10H2,1-2H3. The van der Waals surface area contributed by atoms with Gasteiger partial charge in [-0.3, -0.25) is 0 Å². The predicted molar refractivity (Wildman–Crippen MR) is 65.9 cm³/mol. The summed E-state index contributed by atoms with van der Waals surface area (Å²) in [5.74, 6) is 0.622. The third-order valence-electron chi connectivity index (χ3n) is 2.34. The molecule has 1 rings (SSSR count). The van der Waals surface area contributed by atoms with Gasteiger partial charge in [0.2, 0.25) is 0 Å². The van der Waals surface area contributed by atoms with Crippen LogP contribution < -0.4 is 10.1 Å². The number of benzene rings is 1. The van der Waals surface area contributed by atoms with Gasteiger partial charge in [-0.25, -0.2) is 0 Å². The van der Waals surface area contributed by atoms with E-state index in [1.807, 2.05) is 19.1 Å². The van der Waals surface area contributed by atoms with Crippen molar-refractivity contribution in [3.63, 3.8) is 0 Å². The first-order valence-electron chi connectivity index (χ1n) is 5.67. The van der Waals surface area contributed by atoms with Crippen LogP contribution in [0.25, 0.3) is 0 Å². The van der Waals surface area contributed by atoms with E-state index >= 15 is 0 Å². The molecule has 4 heteroatoms. The molecule has 1 N–H and O–H groups in total. The Kier molecular flexibility index (Phi) is 6.08. The third kappa shape index (κ3) is 4.43. The highest BCUT2D eigenvalue weighted by Crippen LogP contribution is 2.18. The Morgan fingerprint density at radius 2 is 2.24 bits per heavy atom. The third-order valence-corrected chi connectivity index (χ3v) is 2.34. The molecule has 0 radical (unpaired) electrons. The molecular formula is C13H18N2O2. The molecule has 0 saturated carbocycles. The molecule has 0 heterocycles. The van der Waals surface area contributed by atoms with Crippen molar-refractivity contribution in [3.8, 4) is 11.8 Å². The van der Waals surface area contributed by atoms with Crippen LogP contribution >= 0.6 is 0 Å². The fourth-order valence-corrected chi connectivity index (χ4v) is 1.46. The molecule has 0 bridgehead atoms. The molecule has 0 atom stereocenters. The average Bonchev–Trinajstić information content (AvgIpc) is 2.38. The minimum absolute atomic E-state index is 0.561. The van der Waals surface area contributed by atoms with E-state index in [1.54, 1.807) is 13.2 Å². The van der Waals surface area contributed by atoms with Gasteiger partial charge >= 0.3 is 0 Å². The molecule has 0 saturated heterocycles. The Labute approximate surface area is 102 Å². The molecule has 17 heavy (non-hydrogen) atoms. The molecule has 1 aromatic rings. The summed E-state index contributed by atoms with van der Waals surface area (Å²) >= 11 is 0. The van der Waals surface area contributed by atoms with Crippen molar-refractivity contribution >= 4 is 0 Å². The minimum Gasteiger partial charge on any atom is -0.495 e. The molecule has 0 fully saturated rings. The van der Waals surface area contributed by atoms with Crippen molar-refractivity contribution in [2.45, 2.75) is 13.5 Å². The Hall–Kier alpha value is -1.57. The van der Waals surface area contributed by atoms with Gasteiger partial charge < -0.3 is 14.8 Å². The van der Waals surface area contributed by atoms with Crippen LogP contribution in [0.5, 0.6) is 5.75 Å². The fourth-order valence-electron chi connectivity index (χ4n) is 1.46. The summed E-state index contributed by atoms with van der Waals surface area (Å²) in [4.78, 5) is 0. The highest BCUT2D eigenvalue weighted by atomic mass is 16.5. The Morgan fingerprint density at radius 3 is 2.88 bits per heavy atom. The first-order chi connectivity index (χ1) is 8.31. The molecule has 0 amide bonds. The second-order valence-corrected chi connectivity index (χ2v) is 3.52. The quantitative estimate of drug-likeness (QED) is 0.729. The largest absolute Gasteiger partial charge is 0.495 e. The highest BCUT2D eigenvalue weighted by molar-refractivity contribution is 5.45. The summed E-state index contributed by atoms with van der Waals surface area (Å²) < 4.78 is 10.4. The average molecular weight is 234 g/mol. The lowest BCUT2D eigenvalue weighted by molar-refractivity contribution is 0.149. The van der Waals surface area contributed by atoms with Crippen LogP contribution in [-0.4, -0.2) is 26.9 Å². The van der Waals surface area contributed by atoms with E-state index < -0.39 is 0 Å². The zero-order valence-corrected chi connectivity index (χ0v) is 10.3. The normalized spacial score (nSPS) is 9.94. The molecule has 4 nitrogen and oxygen atoms in total.